The predicted octanol–water partition coefficient (Wildman–Crippen LogP) is 4.00. The summed E-state index contributed by atoms with van der Waals surface area (Å²) >= 11 is 0. The van der Waals surface area contributed by atoms with Crippen molar-refractivity contribution in [3.05, 3.63) is 75.8 Å². The van der Waals surface area contributed by atoms with Crippen LogP contribution in [-0.2, 0) is 12.8 Å². The first-order valence-electron chi connectivity index (χ1n) is 12.4. The minimum absolute atomic E-state index is 0.284. The third-order valence-corrected chi connectivity index (χ3v) is 6.67. The maximum atomic E-state index is 13.9. The van der Waals surface area contributed by atoms with Crippen LogP contribution < -0.4 is 15.0 Å². The standard InChI is InChI=1S/C28H33N3O5/c1-4-5-14-23-29-26(32)24(28(34)31(23)25-21(35-2)12-9-13-22(25)36-3)27(33)30-16-15-20(18-30)17-19-10-7-6-8-11-19/h6-13,20,32H,4-5,14-18H2,1-3H3. The third kappa shape index (κ3) is 5.08. The Morgan fingerprint density at radius 3 is 2.42 bits per heavy atom. The smallest absolute Gasteiger partial charge is 0.275 e. The van der Waals surface area contributed by atoms with E-state index in [4.69, 9.17) is 9.47 Å². The fourth-order valence-electron chi connectivity index (χ4n) is 4.81. The Labute approximate surface area is 211 Å². The normalized spacial score (nSPS) is 15.2. The SMILES string of the molecule is CCCCc1nc(O)c(C(=O)N2CCC(Cc3ccccc3)C2)c(=O)n1-c1c(OC)cccc1OC. The van der Waals surface area contributed by atoms with Crippen LogP contribution >= 0.6 is 0 Å². The fraction of sp³-hybridized carbons (Fsp3) is 0.393. The van der Waals surface area contributed by atoms with Crippen molar-refractivity contribution < 1.29 is 19.4 Å². The Balaban J connectivity index is 1.74. The highest BCUT2D eigenvalue weighted by molar-refractivity contribution is 5.96. The molecule has 2 aromatic carbocycles. The van der Waals surface area contributed by atoms with Gasteiger partial charge in [0, 0.05) is 19.5 Å². The minimum atomic E-state index is -0.632. The van der Waals surface area contributed by atoms with Crippen LogP contribution in [0.25, 0.3) is 5.69 Å². The zero-order chi connectivity index (χ0) is 25.7. The molecule has 8 nitrogen and oxygen atoms in total. The van der Waals surface area contributed by atoms with Gasteiger partial charge in [0.25, 0.3) is 11.5 Å². The van der Waals surface area contributed by atoms with Crippen LogP contribution in [-0.4, -0.2) is 52.8 Å². The number of nitrogens with zero attached hydrogens (tertiary/aromatic N) is 3. The molecule has 2 heterocycles. The largest absolute Gasteiger partial charge is 0.494 e. The van der Waals surface area contributed by atoms with Crippen molar-refractivity contribution in [3.63, 3.8) is 0 Å². The van der Waals surface area contributed by atoms with Crippen molar-refractivity contribution in [2.24, 2.45) is 5.92 Å². The van der Waals surface area contributed by atoms with E-state index < -0.39 is 17.3 Å². The van der Waals surface area contributed by atoms with Crippen LogP contribution in [0.15, 0.2) is 53.3 Å². The number of amides is 1. The van der Waals surface area contributed by atoms with E-state index in [1.54, 1.807) is 23.1 Å². The van der Waals surface area contributed by atoms with Gasteiger partial charge in [0.1, 0.15) is 23.0 Å². The highest BCUT2D eigenvalue weighted by Gasteiger charge is 2.33. The van der Waals surface area contributed by atoms with Gasteiger partial charge in [-0.05, 0) is 42.9 Å². The number of aromatic nitrogens is 2. The second kappa shape index (κ2) is 11.3. The van der Waals surface area contributed by atoms with Crippen molar-refractivity contribution in [1.29, 1.82) is 0 Å². The molecule has 1 aliphatic rings. The molecule has 4 rings (SSSR count). The number of benzene rings is 2. The molecule has 1 unspecified atom stereocenters. The molecule has 190 valence electrons. The summed E-state index contributed by atoms with van der Waals surface area (Å²) in [4.78, 5) is 33.4. The van der Waals surface area contributed by atoms with Gasteiger partial charge in [0.05, 0.1) is 14.2 Å². The van der Waals surface area contributed by atoms with Gasteiger partial charge in [-0.1, -0.05) is 49.7 Å². The number of hydrogen-bond acceptors (Lipinski definition) is 6. The van der Waals surface area contributed by atoms with Gasteiger partial charge in [-0.15, -0.1) is 0 Å². The Morgan fingerprint density at radius 1 is 1.08 bits per heavy atom. The molecule has 1 fully saturated rings. The molecule has 1 atom stereocenters. The molecule has 0 aliphatic carbocycles. The zero-order valence-corrected chi connectivity index (χ0v) is 21.1. The Hall–Kier alpha value is -3.81. The number of aryl methyl sites for hydroxylation is 1. The van der Waals surface area contributed by atoms with Crippen LogP contribution in [0, 0.1) is 5.92 Å². The average molecular weight is 492 g/mol. The van der Waals surface area contributed by atoms with Gasteiger partial charge in [-0.25, -0.2) is 0 Å². The molecule has 1 saturated heterocycles. The second-order valence-corrected chi connectivity index (χ2v) is 9.08. The number of para-hydroxylation sites is 1. The lowest BCUT2D eigenvalue weighted by Gasteiger charge is -2.21. The molecule has 1 aliphatic heterocycles. The Kier molecular flexibility index (Phi) is 7.93. The zero-order valence-electron chi connectivity index (χ0n) is 21.1. The molecule has 1 N–H and O–H groups in total. The van der Waals surface area contributed by atoms with E-state index >= 15 is 0 Å². The van der Waals surface area contributed by atoms with E-state index in [1.807, 2.05) is 25.1 Å². The second-order valence-electron chi connectivity index (χ2n) is 9.08. The summed E-state index contributed by atoms with van der Waals surface area (Å²) in [6, 6.07) is 15.3. The molecule has 0 radical (unpaired) electrons. The van der Waals surface area contributed by atoms with Crippen LogP contribution in [0.1, 0.15) is 47.9 Å². The van der Waals surface area contributed by atoms with Gasteiger partial charge in [-0.2, -0.15) is 4.98 Å². The predicted molar refractivity (Wildman–Crippen MR) is 137 cm³/mol. The number of likely N-dealkylation sites (tertiary alicyclic amines) is 1. The number of rotatable bonds is 9. The fourth-order valence-corrected chi connectivity index (χ4v) is 4.81. The molecule has 8 heteroatoms. The van der Waals surface area contributed by atoms with E-state index in [2.05, 4.69) is 17.1 Å². The maximum absolute atomic E-state index is 13.9. The summed E-state index contributed by atoms with van der Waals surface area (Å²) in [5, 5.41) is 10.8. The molecular weight excluding hydrogens is 458 g/mol. The van der Waals surface area contributed by atoms with Gasteiger partial charge >= 0.3 is 0 Å². The summed E-state index contributed by atoms with van der Waals surface area (Å²) in [7, 11) is 3.01. The molecule has 36 heavy (non-hydrogen) atoms. The van der Waals surface area contributed by atoms with Crippen LogP contribution in [0.3, 0.4) is 0 Å². The summed E-state index contributed by atoms with van der Waals surface area (Å²) in [5.74, 6) is 0.403. The van der Waals surface area contributed by atoms with Crippen LogP contribution in [0.4, 0.5) is 0 Å². The maximum Gasteiger partial charge on any atom is 0.275 e. The summed E-state index contributed by atoms with van der Waals surface area (Å²) in [6.45, 7) is 3.07. The molecular formula is C28H33N3O5. The number of aromatic hydroxyl groups is 1. The molecule has 1 amide bonds. The monoisotopic (exact) mass is 491 g/mol. The molecule has 3 aromatic rings. The quantitative estimate of drug-likeness (QED) is 0.486. The number of ether oxygens (including phenoxy) is 2. The van der Waals surface area contributed by atoms with Crippen molar-refractivity contribution in [3.8, 4) is 23.1 Å². The highest BCUT2D eigenvalue weighted by atomic mass is 16.5. The van der Waals surface area contributed by atoms with Crippen molar-refractivity contribution in [2.45, 2.75) is 39.0 Å². The number of hydrogen-bond donors (Lipinski definition) is 1. The molecule has 1 aromatic heterocycles. The van der Waals surface area contributed by atoms with Gasteiger partial charge < -0.3 is 19.5 Å². The average Bonchev–Trinajstić information content (AvgIpc) is 3.36. The third-order valence-electron chi connectivity index (χ3n) is 6.67. The number of carbonyl (C=O) groups excluding carboxylic acids is 1. The molecule has 0 bridgehead atoms. The first-order valence-corrected chi connectivity index (χ1v) is 12.4. The van der Waals surface area contributed by atoms with Crippen molar-refractivity contribution >= 4 is 5.91 Å². The number of methoxy groups -OCH3 is 2. The summed E-state index contributed by atoms with van der Waals surface area (Å²) < 4.78 is 12.4. The Morgan fingerprint density at radius 2 is 1.78 bits per heavy atom. The molecule has 0 saturated carbocycles. The lowest BCUT2D eigenvalue weighted by molar-refractivity contribution is 0.0780. The molecule has 0 spiro atoms. The van der Waals surface area contributed by atoms with E-state index in [0.29, 0.717) is 42.5 Å². The number of carbonyl (C=O) groups is 1. The topological polar surface area (TPSA) is 93.9 Å². The first kappa shape index (κ1) is 25.3. The lowest BCUT2D eigenvalue weighted by Crippen LogP contribution is -2.37. The van der Waals surface area contributed by atoms with E-state index in [-0.39, 0.29) is 11.5 Å². The lowest BCUT2D eigenvalue weighted by atomic mass is 9.99. The number of unbranched alkanes of at least 4 members (excludes halogenated alkanes) is 1. The first-order chi connectivity index (χ1) is 17.5. The van der Waals surface area contributed by atoms with E-state index in [1.165, 1.54) is 24.4 Å². The minimum Gasteiger partial charge on any atom is -0.494 e. The van der Waals surface area contributed by atoms with Gasteiger partial charge in [0.15, 0.2) is 5.56 Å². The van der Waals surface area contributed by atoms with Crippen molar-refractivity contribution in [1.82, 2.24) is 14.5 Å². The summed E-state index contributed by atoms with van der Waals surface area (Å²) in [6.07, 6.45) is 3.75. The Bertz CT molecular complexity index is 1250. The van der Waals surface area contributed by atoms with Crippen LogP contribution in [0.2, 0.25) is 0 Å². The van der Waals surface area contributed by atoms with E-state index in [9.17, 15) is 14.7 Å². The van der Waals surface area contributed by atoms with Gasteiger partial charge in [0.2, 0.25) is 5.88 Å². The highest BCUT2D eigenvalue weighted by Crippen LogP contribution is 2.33. The summed E-state index contributed by atoms with van der Waals surface area (Å²) in [5.41, 5.74) is 0.618. The van der Waals surface area contributed by atoms with E-state index in [0.717, 1.165) is 25.7 Å². The van der Waals surface area contributed by atoms with Crippen LogP contribution in [0.5, 0.6) is 17.4 Å². The van der Waals surface area contributed by atoms with Crippen molar-refractivity contribution in [2.75, 3.05) is 27.3 Å². The van der Waals surface area contributed by atoms with Gasteiger partial charge in [-0.3, -0.25) is 14.2 Å².